The Morgan fingerprint density at radius 2 is 1.75 bits per heavy atom. The van der Waals surface area contributed by atoms with Crippen LogP contribution in [0.4, 0.5) is 4.79 Å². The monoisotopic (exact) mass is 479 g/mol. The van der Waals surface area contributed by atoms with Crippen molar-refractivity contribution in [2.75, 3.05) is 26.4 Å². The average molecular weight is 480 g/mol. The number of unbranched alkanes of at least 4 members (excludes halogenated alkanes) is 1. The molecule has 0 radical (unpaired) electrons. The van der Waals surface area contributed by atoms with E-state index in [0.717, 1.165) is 30.9 Å². The molecule has 1 rings (SSSR count). The summed E-state index contributed by atoms with van der Waals surface area (Å²) in [5, 5.41) is 2.80. The predicted octanol–water partition coefficient (Wildman–Crippen LogP) is 6.62. The minimum absolute atomic E-state index is 0.279. The van der Waals surface area contributed by atoms with E-state index in [2.05, 4.69) is 57.1 Å². The predicted molar refractivity (Wildman–Crippen MR) is 140 cm³/mol. The van der Waals surface area contributed by atoms with Crippen LogP contribution in [0.3, 0.4) is 0 Å². The van der Waals surface area contributed by atoms with Gasteiger partial charge in [0.25, 0.3) is 0 Å². The lowest BCUT2D eigenvalue weighted by Gasteiger charge is -2.34. The lowest BCUT2D eigenvalue weighted by molar-refractivity contribution is 0.0728. The molecule has 0 saturated heterocycles. The minimum Gasteiger partial charge on any atom is -0.455 e. The average Bonchev–Trinajstić information content (AvgIpc) is 2.74. The number of amides is 1. The summed E-state index contributed by atoms with van der Waals surface area (Å²) in [6.45, 7) is 17.3. The maximum atomic E-state index is 11.8. The van der Waals surface area contributed by atoms with Gasteiger partial charge in [-0.25, -0.2) is 4.79 Å². The second kappa shape index (κ2) is 15.4. The van der Waals surface area contributed by atoms with Crippen LogP contribution in [0.5, 0.6) is 0 Å². The van der Waals surface area contributed by atoms with Crippen molar-refractivity contribution in [2.24, 2.45) is 0 Å². The van der Waals surface area contributed by atoms with Gasteiger partial charge in [0.1, 0.15) is 6.61 Å². The molecule has 0 spiro atoms. The highest BCUT2D eigenvalue weighted by Crippen LogP contribution is 2.24. The van der Waals surface area contributed by atoms with Crippen LogP contribution in [0, 0.1) is 0 Å². The van der Waals surface area contributed by atoms with E-state index >= 15 is 0 Å². The van der Waals surface area contributed by atoms with Crippen LogP contribution in [0.2, 0.25) is 38.3 Å². The Balaban J connectivity index is 2.05. The van der Waals surface area contributed by atoms with E-state index < -0.39 is 16.6 Å². The highest BCUT2D eigenvalue weighted by atomic mass is 28.4. The molecule has 0 bridgehead atoms. The van der Waals surface area contributed by atoms with Crippen LogP contribution in [-0.2, 0) is 20.0 Å². The van der Waals surface area contributed by atoms with Crippen molar-refractivity contribution in [3.8, 4) is 0 Å². The Labute approximate surface area is 198 Å². The first-order chi connectivity index (χ1) is 15.2. The van der Waals surface area contributed by atoms with Crippen LogP contribution in [0.15, 0.2) is 30.8 Å². The van der Waals surface area contributed by atoms with Gasteiger partial charge in [-0.2, -0.15) is 0 Å². The fourth-order valence-electron chi connectivity index (χ4n) is 3.76. The molecule has 1 amide bonds. The first kappa shape index (κ1) is 28.6. The number of carbonyl (C=O) groups is 1. The number of benzene rings is 1. The van der Waals surface area contributed by atoms with Crippen LogP contribution in [0.25, 0.3) is 6.08 Å². The molecule has 0 atom stereocenters. The van der Waals surface area contributed by atoms with Crippen molar-refractivity contribution < 1.29 is 18.4 Å². The van der Waals surface area contributed by atoms with Crippen molar-refractivity contribution in [1.29, 1.82) is 0 Å². The molecular weight excluding hydrogens is 434 g/mol. The van der Waals surface area contributed by atoms with Crippen molar-refractivity contribution in [1.82, 2.24) is 5.32 Å². The highest BCUT2D eigenvalue weighted by Gasteiger charge is 2.31. The molecule has 0 saturated carbocycles. The zero-order valence-corrected chi connectivity index (χ0v) is 23.0. The topological polar surface area (TPSA) is 56.8 Å². The maximum absolute atomic E-state index is 11.8. The van der Waals surface area contributed by atoms with Crippen LogP contribution >= 0.6 is 0 Å². The third-order valence-electron chi connectivity index (χ3n) is 5.31. The summed E-state index contributed by atoms with van der Waals surface area (Å²) in [6.07, 6.45) is 6.74. The van der Waals surface area contributed by atoms with Gasteiger partial charge in [0.05, 0.1) is 6.61 Å². The van der Waals surface area contributed by atoms with Crippen LogP contribution in [-0.4, -0.2) is 49.1 Å². The zero-order chi connectivity index (χ0) is 23.9. The molecule has 5 nitrogen and oxygen atoms in total. The maximum Gasteiger partial charge on any atom is 0.407 e. The lowest BCUT2D eigenvalue weighted by Crippen LogP contribution is -2.44. The molecular formula is C25H45NO4Si2. The van der Waals surface area contributed by atoms with Gasteiger partial charge >= 0.3 is 6.09 Å². The number of alkyl carbamates (subject to hydrolysis) is 1. The fourth-order valence-corrected chi connectivity index (χ4v) is 12.8. The number of carbonyl (C=O) groups excluding carboxylic acids is 1. The van der Waals surface area contributed by atoms with Crippen molar-refractivity contribution >= 4 is 28.8 Å². The molecule has 0 aliphatic rings. The van der Waals surface area contributed by atoms with Crippen molar-refractivity contribution in [3.63, 3.8) is 0 Å². The quantitative estimate of drug-likeness (QED) is 0.201. The van der Waals surface area contributed by atoms with E-state index in [1.54, 1.807) is 0 Å². The SMILES string of the molecule is C=Cc1cccc(CCCNC(=O)OCCOCCC[Si](C)(C)O[Si](C)(C)CCCC)c1. The van der Waals surface area contributed by atoms with E-state index in [1.807, 2.05) is 18.2 Å². The van der Waals surface area contributed by atoms with E-state index in [4.69, 9.17) is 13.6 Å². The largest absolute Gasteiger partial charge is 0.455 e. The summed E-state index contributed by atoms with van der Waals surface area (Å²) in [4.78, 5) is 11.8. The van der Waals surface area contributed by atoms with Gasteiger partial charge in [0.2, 0.25) is 0 Å². The molecule has 0 aliphatic carbocycles. The van der Waals surface area contributed by atoms with Gasteiger partial charge in [0, 0.05) is 13.2 Å². The number of rotatable bonds is 17. The fraction of sp³-hybridized carbons (Fsp3) is 0.640. The lowest BCUT2D eigenvalue weighted by atomic mass is 10.1. The van der Waals surface area contributed by atoms with Crippen molar-refractivity contribution in [3.05, 3.63) is 42.0 Å². The summed E-state index contributed by atoms with van der Waals surface area (Å²) in [6, 6.07) is 10.6. The highest BCUT2D eigenvalue weighted by molar-refractivity contribution is 6.84. The Morgan fingerprint density at radius 1 is 1.03 bits per heavy atom. The van der Waals surface area contributed by atoms with Gasteiger partial charge in [-0.05, 0) is 68.7 Å². The van der Waals surface area contributed by atoms with E-state index in [9.17, 15) is 4.79 Å². The van der Waals surface area contributed by atoms with Crippen LogP contribution < -0.4 is 5.32 Å². The standard InChI is InChI=1S/C25H45NO4Si2/c1-7-9-20-31(3,4)30-32(5,6)21-12-17-28-18-19-29-25(27)26-16-11-15-24-14-10-13-23(8-2)22-24/h8,10,13-14,22H,2,7,9,11-12,15-21H2,1,3-6H3,(H,26,27). The summed E-state index contributed by atoms with van der Waals surface area (Å²) >= 11 is 0. The summed E-state index contributed by atoms with van der Waals surface area (Å²) in [7, 11) is -3.18. The third-order valence-corrected chi connectivity index (χ3v) is 12.8. The summed E-state index contributed by atoms with van der Waals surface area (Å²) in [5.74, 6) is 0. The Hall–Kier alpha value is -1.42. The first-order valence-corrected chi connectivity index (χ1v) is 18.3. The Bertz CT molecular complexity index is 680. The van der Waals surface area contributed by atoms with Gasteiger partial charge in [-0.3, -0.25) is 0 Å². The molecule has 0 aromatic heterocycles. The van der Waals surface area contributed by atoms with Crippen LogP contribution in [0.1, 0.15) is 43.7 Å². The third kappa shape index (κ3) is 13.9. The molecule has 1 aromatic carbocycles. The van der Waals surface area contributed by atoms with Gasteiger partial charge in [-0.15, -0.1) is 0 Å². The molecule has 1 aromatic rings. The van der Waals surface area contributed by atoms with E-state index in [-0.39, 0.29) is 12.7 Å². The molecule has 0 fully saturated rings. The number of hydrogen-bond acceptors (Lipinski definition) is 4. The molecule has 7 heteroatoms. The molecule has 32 heavy (non-hydrogen) atoms. The molecule has 0 aliphatic heterocycles. The van der Waals surface area contributed by atoms with Gasteiger partial charge in [-0.1, -0.05) is 56.7 Å². The van der Waals surface area contributed by atoms with E-state index in [1.165, 1.54) is 24.4 Å². The molecule has 0 unspecified atom stereocenters. The molecule has 182 valence electrons. The Morgan fingerprint density at radius 3 is 2.44 bits per heavy atom. The molecule has 0 heterocycles. The summed E-state index contributed by atoms with van der Waals surface area (Å²) < 4.78 is 17.4. The second-order valence-electron chi connectivity index (χ2n) is 9.56. The second-order valence-corrected chi connectivity index (χ2v) is 18.4. The minimum atomic E-state index is -1.64. The summed E-state index contributed by atoms with van der Waals surface area (Å²) in [5.41, 5.74) is 2.36. The number of aryl methyl sites for hydroxylation is 1. The number of nitrogens with one attached hydrogen (secondary N) is 1. The smallest absolute Gasteiger partial charge is 0.407 e. The van der Waals surface area contributed by atoms with E-state index in [0.29, 0.717) is 19.8 Å². The Kier molecular flexibility index (Phi) is 13.8. The molecule has 1 N–H and O–H groups in total. The number of ether oxygens (including phenoxy) is 2. The van der Waals surface area contributed by atoms with Gasteiger partial charge in [0.15, 0.2) is 16.6 Å². The van der Waals surface area contributed by atoms with Crippen molar-refractivity contribution in [2.45, 2.75) is 77.3 Å². The first-order valence-electron chi connectivity index (χ1n) is 12.1. The van der Waals surface area contributed by atoms with Gasteiger partial charge < -0.3 is 18.9 Å². The normalized spacial score (nSPS) is 11.9. The zero-order valence-electron chi connectivity index (χ0n) is 21.0. The number of hydrogen-bond donors (Lipinski definition) is 1.